The van der Waals surface area contributed by atoms with E-state index in [4.69, 9.17) is 5.73 Å². The molecule has 0 radical (unpaired) electrons. The van der Waals surface area contributed by atoms with Crippen LogP contribution in [0.15, 0.2) is 59.5 Å². The van der Waals surface area contributed by atoms with Gasteiger partial charge in [-0.05, 0) is 31.5 Å². The molecule has 0 aliphatic carbocycles. The minimum Gasteiger partial charge on any atom is -0.353 e. The maximum atomic E-state index is 13.9. The number of nitrogens with two attached hydrogens (primary N) is 1. The summed E-state index contributed by atoms with van der Waals surface area (Å²) in [7, 11) is 0. The van der Waals surface area contributed by atoms with Gasteiger partial charge in [0.1, 0.15) is 11.1 Å². The van der Waals surface area contributed by atoms with E-state index in [1.807, 2.05) is 44.2 Å². The minimum absolute atomic E-state index is 0.178. The number of hydrogen-bond acceptors (Lipinski definition) is 3. The largest absolute Gasteiger partial charge is 0.353 e. The lowest BCUT2D eigenvalue weighted by Crippen LogP contribution is -2.46. The molecule has 0 fully saturated rings. The summed E-state index contributed by atoms with van der Waals surface area (Å²) in [4.78, 5) is 13.0. The van der Waals surface area contributed by atoms with Crippen molar-refractivity contribution in [1.82, 2.24) is 5.32 Å². The summed E-state index contributed by atoms with van der Waals surface area (Å²) < 4.78 is 13.9. The number of benzene rings is 2. The van der Waals surface area contributed by atoms with Gasteiger partial charge in [0.25, 0.3) is 0 Å². The molecule has 3 N–H and O–H groups in total. The second-order valence-electron chi connectivity index (χ2n) is 6.05. The van der Waals surface area contributed by atoms with Crippen LogP contribution in [0.1, 0.15) is 24.7 Å². The van der Waals surface area contributed by atoms with Crippen molar-refractivity contribution in [3.63, 3.8) is 0 Å². The van der Waals surface area contributed by atoms with Crippen molar-refractivity contribution < 1.29 is 9.18 Å². The lowest BCUT2D eigenvalue weighted by atomic mass is 10.1. The molecular weight excluding hydrogens is 311 g/mol. The molecule has 0 spiro atoms. The van der Waals surface area contributed by atoms with E-state index < -0.39 is 10.8 Å². The number of nitrogens with one attached hydrogen (secondary N) is 1. The van der Waals surface area contributed by atoms with Gasteiger partial charge >= 0.3 is 0 Å². The molecule has 0 aliphatic rings. The van der Waals surface area contributed by atoms with Gasteiger partial charge in [-0.25, -0.2) is 4.39 Å². The van der Waals surface area contributed by atoms with E-state index in [0.717, 1.165) is 5.56 Å². The maximum Gasteiger partial charge on any atom is 0.238 e. The summed E-state index contributed by atoms with van der Waals surface area (Å²) in [6, 6.07) is 15.8. The highest BCUT2D eigenvalue weighted by molar-refractivity contribution is 8.00. The third-order valence-electron chi connectivity index (χ3n) is 3.14. The van der Waals surface area contributed by atoms with Gasteiger partial charge < -0.3 is 11.1 Å². The molecule has 0 saturated carbocycles. The Morgan fingerprint density at radius 2 is 1.78 bits per heavy atom. The molecule has 1 unspecified atom stereocenters. The van der Waals surface area contributed by atoms with Crippen LogP contribution < -0.4 is 11.1 Å². The molecule has 0 heterocycles. The van der Waals surface area contributed by atoms with Gasteiger partial charge in [-0.2, -0.15) is 0 Å². The molecule has 5 heteroatoms. The van der Waals surface area contributed by atoms with E-state index >= 15 is 0 Å². The molecule has 3 nitrogen and oxygen atoms in total. The van der Waals surface area contributed by atoms with E-state index in [9.17, 15) is 9.18 Å². The van der Waals surface area contributed by atoms with Gasteiger partial charge in [-0.3, -0.25) is 4.79 Å². The number of amides is 1. The van der Waals surface area contributed by atoms with Gasteiger partial charge in [-0.1, -0.05) is 42.5 Å². The summed E-state index contributed by atoms with van der Waals surface area (Å²) in [5.41, 5.74) is 6.24. The Bertz CT molecular complexity index is 656. The van der Waals surface area contributed by atoms with Crippen LogP contribution in [-0.2, 0) is 4.79 Å². The zero-order chi connectivity index (χ0) is 16.9. The quantitative estimate of drug-likeness (QED) is 0.796. The van der Waals surface area contributed by atoms with Gasteiger partial charge in [0.2, 0.25) is 5.91 Å². The van der Waals surface area contributed by atoms with E-state index in [1.165, 1.54) is 17.8 Å². The van der Waals surface area contributed by atoms with Crippen LogP contribution in [0.5, 0.6) is 0 Å². The average Bonchev–Trinajstić information content (AvgIpc) is 2.52. The summed E-state index contributed by atoms with van der Waals surface area (Å²) in [6.07, 6.45) is 0. The van der Waals surface area contributed by atoms with E-state index in [-0.39, 0.29) is 11.7 Å². The van der Waals surface area contributed by atoms with Gasteiger partial charge in [-0.15, -0.1) is 11.8 Å². The van der Waals surface area contributed by atoms with E-state index in [1.54, 1.807) is 18.2 Å². The Labute approximate surface area is 140 Å². The number of carbonyl (C=O) groups is 1. The fraction of sp³-hybridized carbons (Fsp3) is 0.278. The summed E-state index contributed by atoms with van der Waals surface area (Å²) in [5, 5.41) is 2.32. The van der Waals surface area contributed by atoms with Crippen molar-refractivity contribution in [2.24, 2.45) is 5.73 Å². The molecule has 1 atom stereocenters. The third kappa shape index (κ3) is 5.37. The molecule has 122 valence electrons. The molecule has 0 saturated heterocycles. The topological polar surface area (TPSA) is 55.1 Å². The first-order valence-electron chi connectivity index (χ1n) is 7.39. The summed E-state index contributed by atoms with van der Waals surface area (Å²) in [5.74, 6) is -0.506. The third-order valence-corrected chi connectivity index (χ3v) is 4.45. The molecular formula is C18H21FN2OS. The molecule has 23 heavy (non-hydrogen) atoms. The molecule has 2 aromatic carbocycles. The Kier molecular flexibility index (Phi) is 5.80. The zero-order valence-corrected chi connectivity index (χ0v) is 14.1. The average molecular weight is 332 g/mol. The SMILES string of the molecule is CC(C)(N)CNC(=O)C(Sc1ccccc1F)c1ccccc1. The Balaban J connectivity index is 2.22. The fourth-order valence-electron chi connectivity index (χ4n) is 1.98. The monoisotopic (exact) mass is 332 g/mol. The first-order valence-corrected chi connectivity index (χ1v) is 8.27. The highest BCUT2D eigenvalue weighted by atomic mass is 32.2. The van der Waals surface area contributed by atoms with Crippen LogP contribution in [0.4, 0.5) is 4.39 Å². The highest BCUT2D eigenvalue weighted by Gasteiger charge is 2.24. The van der Waals surface area contributed by atoms with E-state index in [0.29, 0.717) is 11.4 Å². The van der Waals surface area contributed by atoms with Crippen molar-refractivity contribution in [2.75, 3.05) is 6.54 Å². The second-order valence-corrected chi connectivity index (χ2v) is 7.19. The van der Waals surface area contributed by atoms with Crippen molar-refractivity contribution in [3.05, 3.63) is 66.0 Å². The second kappa shape index (κ2) is 7.62. The molecule has 1 amide bonds. The smallest absolute Gasteiger partial charge is 0.238 e. The highest BCUT2D eigenvalue weighted by Crippen LogP contribution is 2.36. The first kappa shape index (κ1) is 17.5. The lowest BCUT2D eigenvalue weighted by molar-refractivity contribution is -0.120. The summed E-state index contributed by atoms with van der Waals surface area (Å²) >= 11 is 1.20. The van der Waals surface area contributed by atoms with Gasteiger partial charge in [0.05, 0.1) is 0 Å². The van der Waals surface area contributed by atoms with Gasteiger partial charge in [0, 0.05) is 17.0 Å². The number of halogens is 1. The maximum absolute atomic E-state index is 13.9. The van der Waals surface area contributed by atoms with Crippen LogP contribution in [0.25, 0.3) is 0 Å². The zero-order valence-electron chi connectivity index (χ0n) is 13.3. The molecule has 0 bridgehead atoms. The normalized spacial score (nSPS) is 12.7. The van der Waals surface area contributed by atoms with Crippen molar-refractivity contribution in [2.45, 2.75) is 29.5 Å². The first-order chi connectivity index (χ1) is 10.9. The number of rotatable bonds is 6. The lowest BCUT2D eigenvalue weighted by Gasteiger charge is -2.22. The number of carbonyl (C=O) groups excluding carboxylic acids is 1. The Hall–Kier alpha value is -1.85. The molecule has 2 aromatic rings. The van der Waals surface area contributed by atoms with E-state index in [2.05, 4.69) is 5.32 Å². The summed E-state index contributed by atoms with van der Waals surface area (Å²) in [6.45, 7) is 4.04. The number of hydrogen-bond donors (Lipinski definition) is 2. The molecule has 0 aromatic heterocycles. The van der Waals surface area contributed by atoms with Crippen molar-refractivity contribution in [1.29, 1.82) is 0 Å². The van der Waals surface area contributed by atoms with Crippen molar-refractivity contribution >= 4 is 17.7 Å². The van der Waals surface area contributed by atoms with Gasteiger partial charge in [0.15, 0.2) is 0 Å². The molecule has 0 aliphatic heterocycles. The fourth-order valence-corrected chi connectivity index (χ4v) is 3.05. The predicted octanol–water partition coefficient (Wildman–Crippen LogP) is 3.51. The molecule has 2 rings (SSSR count). The number of thioether (sulfide) groups is 1. The van der Waals surface area contributed by atoms with Crippen LogP contribution in [-0.4, -0.2) is 18.0 Å². The predicted molar refractivity (Wildman–Crippen MR) is 92.7 cm³/mol. The minimum atomic E-state index is -0.532. The van der Waals surface area contributed by atoms with Crippen LogP contribution >= 0.6 is 11.8 Å². The Morgan fingerprint density at radius 1 is 1.17 bits per heavy atom. The standard InChI is InChI=1S/C18H21FN2OS/c1-18(2,20)12-21-17(22)16(13-8-4-3-5-9-13)23-15-11-7-6-10-14(15)19/h3-11,16H,12,20H2,1-2H3,(H,21,22). The Morgan fingerprint density at radius 3 is 2.39 bits per heavy atom. The van der Waals surface area contributed by atoms with Crippen LogP contribution in [0.3, 0.4) is 0 Å². The van der Waals surface area contributed by atoms with Crippen molar-refractivity contribution in [3.8, 4) is 0 Å². The van der Waals surface area contributed by atoms with Crippen LogP contribution in [0.2, 0.25) is 0 Å². The van der Waals surface area contributed by atoms with Crippen LogP contribution in [0, 0.1) is 5.82 Å².